The highest BCUT2D eigenvalue weighted by Gasteiger charge is 2.29. The molecule has 0 radical (unpaired) electrons. The van der Waals surface area contributed by atoms with Gasteiger partial charge in [0, 0.05) is 35.8 Å². The van der Waals surface area contributed by atoms with Gasteiger partial charge in [0.15, 0.2) is 0 Å². The fourth-order valence-corrected chi connectivity index (χ4v) is 3.28. The minimum absolute atomic E-state index is 0.103. The Labute approximate surface area is 193 Å². The molecule has 2 aromatic heterocycles. The first kappa shape index (κ1) is 22.9. The Kier molecular flexibility index (Phi) is 6.53. The van der Waals surface area contributed by atoms with E-state index in [-0.39, 0.29) is 12.5 Å². The fraction of sp³-hybridized carbons (Fsp3) is 0.120. The Morgan fingerprint density at radius 1 is 0.971 bits per heavy atom. The third-order valence-electron chi connectivity index (χ3n) is 5.15. The van der Waals surface area contributed by atoms with Crippen molar-refractivity contribution >= 4 is 17.4 Å². The number of anilines is 2. The number of nitrogens with zero attached hydrogens (tertiary/aromatic N) is 3. The van der Waals surface area contributed by atoms with E-state index >= 15 is 0 Å². The lowest BCUT2D eigenvalue weighted by atomic mass is 10.1. The SMILES string of the molecule is Cc1ccc(C(=O)NCc2ccc(C(F)(F)F)cc2)cc1Nc1ncccc1-c1ccncn1. The van der Waals surface area contributed by atoms with Gasteiger partial charge < -0.3 is 10.6 Å². The number of rotatable bonds is 6. The number of hydrogen-bond acceptors (Lipinski definition) is 5. The number of aromatic nitrogens is 3. The van der Waals surface area contributed by atoms with E-state index in [1.54, 1.807) is 36.7 Å². The minimum Gasteiger partial charge on any atom is -0.348 e. The number of carbonyl (C=O) groups excluding carboxylic acids is 1. The summed E-state index contributed by atoms with van der Waals surface area (Å²) in [7, 11) is 0. The molecule has 9 heteroatoms. The number of pyridine rings is 1. The lowest BCUT2D eigenvalue weighted by Crippen LogP contribution is -2.23. The summed E-state index contributed by atoms with van der Waals surface area (Å²) in [5.41, 5.74) is 3.31. The molecule has 0 aliphatic heterocycles. The van der Waals surface area contributed by atoms with Gasteiger partial charge in [-0.2, -0.15) is 13.2 Å². The van der Waals surface area contributed by atoms with Crippen LogP contribution in [0.1, 0.15) is 27.0 Å². The number of hydrogen-bond donors (Lipinski definition) is 2. The van der Waals surface area contributed by atoms with E-state index in [9.17, 15) is 18.0 Å². The second-order valence-electron chi connectivity index (χ2n) is 7.53. The van der Waals surface area contributed by atoms with Crippen molar-refractivity contribution in [1.29, 1.82) is 0 Å². The zero-order valence-corrected chi connectivity index (χ0v) is 18.1. The normalized spacial score (nSPS) is 11.2. The lowest BCUT2D eigenvalue weighted by molar-refractivity contribution is -0.137. The molecule has 2 heterocycles. The summed E-state index contributed by atoms with van der Waals surface area (Å²) in [6.45, 7) is 2.01. The molecule has 0 unspecified atom stereocenters. The van der Waals surface area contributed by atoms with Gasteiger partial charge >= 0.3 is 6.18 Å². The maximum atomic E-state index is 12.7. The Balaban J connectivity index is 1.49. The molecule has 6 nitrogen and oxygen atoms in total. The number of benzene rings is 2. The van der Waals surface area contributed by atoms with Gasteiger partial charge in [-0.25, -0.2) is 15.0 Å². The highest BCUT2D eigenvalue weighted by molar-refractivity contribution is 5.95. The van der Waals surface area contributed by atoms with Crippen LogP contribution in [-0.2, 0) is 12.7 Å². The summed E-state index contributed by atoms with van der Waals surface area (Å²) in [5.74, 6) is 0.228. The molecule has 4 rings (SSSR count). The Bertz CT molecular complexity index is 1290. The first-order valence-electron chi connectivity index (χ1n) is 10.3. The van der Waals surface area contributed by atoms with Crippen LogP contribution in [-0.4, -0.2) is 20.9 Å². The van der Waals surface area contributed by atoms with E-state index in [1.807, 2.05) is 19.1 Å². The van der Waals surface area contributed by atoms with Gasteiger partial charge in [0.25, 0.3) is 5.91 Å². The van der Waals surface area contributed by atoms with Gasteiger partial charge in [-0.1, -0.05) is 18.2 Å². The molecule has 0 aliphatic carbocycles. The third kappa shape index (κ3) is 5.37. The second-order valence-corrected chi connectivity index (χ2v) is 7.53. The molecular weight excluding hydrogens is 443 g/mol. The number of nitrogens with one attached hydrogen (secondary N) is 2. The first-order valence-corrected chi connectivity index (χ1v) is 10.3. The van der Waals surface area contributed by atoms with Crippen LogP contribution in [0.3, 0.4) is 0 Å². The monoisotopic (exact) mass is 463 g/mol. The smallest absolute Gasteiger partial charge is 0.348 e. The Morgan fingerprint density at radius 2 is 1.76 bits per heavy atom. The standard InChI is InChI=1S/C25H20F3N5O/c1-16-4-7-18(24(34)31-14-17-5-8-19(9-6-17)25(26,27)28)13-22(16)33-23-20(3-2-11-30-23)21-10-12-29-15-32-21/h2-13,15H,14H2,1H3,(H,30,33)(H,31,34). The molecule has 0 fully saturated rings. The molecular formula is C25H20F3N5O. The van der Waals surface area contributed by atoms with Crippen molar-refractivity contribution in [3.05, 3.63) is 102 Å². The zero-order chi connectivity index (χ0) is 24.1. The van der Waals surface area contributed by atoms with Gasteiger partial charge in [0.05, 0.1) is 11.3 Å². The van der Waals surface area contributed by atoms with E-state index in [4.69, 9.17) is 0 Å². The van der Waals surface area contributed by atoms with Crippen LogP contribution >= 0.6 is 0 Å². The van der Waals surface area contributed by atoms with Crippen LogP contribution in [0.5, 0.6) is 0 Å². The van der Waals surface area contributed by atoms with Crippen LogP contribution in [0.2, 0.25) is 0 Å². The van der Waals surface area contributed by atoms with Gasteiger partial charge in [-0.3, -0.25) is 4.79 Å². The number of aryl methyl sites for hydroxylation is 1. The van der Waals surface area contributed by atoms with Crippen LogP contribution in [0.15, 0.2) is 79.4 Å². The van der Waals surface area contributed by atoms with E-state index in [1.165, 1.54) is 18.5 Å². The Morgan fingerprint density at radius 3 is 2.47 bits per heavy atom. The van der Waals surface area contributed by atoms with Gasteiger partial charge in [0.1, 0.15) is 12.1 Å². The molecule has 2 N–H and O–H groups in total. The number of halogens is 3. The minimum atomic E-state index is -4.39. The molecule has 0 saturated carbocycles. The van der Waals surface area contributed by atoms with Gasteiger partial charge in [-0.05, 0) is 60.5 Å². The van der Waals surface area contributed by atoms with Crippen molar-refractivity contribution in [2.75, 3.05) is 5.32 Å². The number of alkyl halides is 3. The van der Waals surface area contributed by atoms with E-state index < -0.39 is 11.7 Å². The predicted molar refractivity (Wildman–Crippen MR) is 122 cm³/mol. The largest absolute Gasteiger partial charge is 0.416 e. The predicted octanol–water partition coefficient (Wildman–Crippen LogP) is 5.54. The topological polar surface area (TPSA) is 79.8 Å². The van der Waals surface area contributed by atoms with Crippen LogP contribution in [0.25, 0.3) is 11.3 Å². The molecule has 4 aromatic rings. The van der Waals surface area contributed by atoms with E-state index in [0.717, 1.165) is 23.3 Å². The summed E-state index contributed by atoms with van der Waals surface area (Å²) in [5, 5.41) is 6.01. The molecule has 34 heavy (non-hydrogen) atoms. The van der Waals surface area contributed by atoms with Crippen molar-refractivity contribution in [2.24, 2.45) is 0 Å². The maximum absolute atomic E-state index is 12.7. The first-order chi connectivity index (χ1) is 16.3. The molecule has 1 amide bonds. The number of carbonyl (C=O) groups is 1. The highest BCUT2D eigenvalue weighted by Crippen LogP contribution is 2.30. The molecule has 2 aromatic carbocycles. The van der Waals surface area contributed by atoms with Gasteiger partial charge in [0.2, 0.25) is 0 Å². The molecule has 0 aliphatic rings. The summed E-state index contributed by atoms with van der Waals surface area (Å²) in [6.07, 6.45) is 0.363. The summed E-state index contributed by atoms with van der Waals surface area (Å²) >= 11 is 0. The maximum Gasteiger partial charge on any atom is 0.416 e. The van der Waals surface area contributed by atoms with Gasteiger partial charge in [-0.15, -0.1) is 0 Å². The number of amides is 1. The molecule has 0 bridgehead atoms. The summed E-state index contributed by atoms with van der Waals surface area (Å²) in [6, 6.07) is 15.4. The van der Waals surface area contributed by atoms with Crippen LogP contribution < -0.4 is 10.6 Å². The fourth-order valence-electron chi connectivity index (χ4n) is 3.28. The van der Waals surface area contributed by atoms with Crippen LogP contribution in [0, 0.1) is 6.92 Å². The van der Waals surface area contributed by atoms with Crippen molar-refractivity contribution in [1.82, 2.24) is 20.3 Å². The molecule has 0 saturated heterocycles. The second kappa shape index (κ2) is 9.70. The molecule has 0 spiro atoms. The molecule has 0 atom stereocenters. The average molecular weight is 463 g/mol. The molecule has 172 valence electrons. The zero-order valence-electron chi connectivity index (χ0n) is 18.1. The summed E-state index contributed by atoms with van der Waals surface area (Å²) < 4.78 is 38.2. The summed E-state index contributed by atoms with van der Waals surface area (Å²) in [4.78, 5) is 25.3. The van der Waals surface area contributed by atoms with Crippen molar-refractivity contribution in [3.8, 4) is 11.3 Å². The van der Waals surface area contributed by atoms with E-state index in [2.05, 4.69) is 25.6 Å². The van der Waals surface area contributed by atoms with Crippen molar-refractivity contribution in [2.45, 2.75) is 19.6 Å². The average Bonchev–Trinajstić information content (AvgIpc) is 2.84. The van der Waals surface area contributed by atoms with Crippen molar-refractivity contribution < 1.29 is 18.0 Å². The Hall–Kier alpha value is -4.27. The quantitative estimate of drug-likeness (QED) is 0.393. The van der Waals surface area contributed by atoms with Crippen LogP contribution in [0.4, 0.5) is 24.7 Å². The third-order valence-corrected chi connectivity index (χ3v) is 5.15. The van der Waals surface area contributed by atoms with Crippen molar-refractivity contribution in [3.63, 3.8) is 0 Å². The lowest BCUT2D eigenvalue weighted by Gasteiger charge is -2.14. The highest BCUT2D eigenvalue weighted by atomic mass is 19.4. The van der Waals surface area contributed by atoms with E-state index in [0.29, 0.717) is 28.3 Å².